The van der Waals surface area contributed by atoms with Crippen molar-refractivity contribution in [2.75, 3.05) is 25.1 Å². The van der Waals surface area contributed by atoms with Gasteiger partial charge < -0.3 is 20.1 Å². The molecule has 3 aromatic carbocycles. The number of pyridine rings is 1. The molecule has 7 heteroatoms. The number of anilines is 2. The minimum Gasteiger partial charge on any atom is -0.486 e. The number of carbonyl (C=O) groups excluding carboxylic acids is 1. The van der Waals surface area contributed by atoms with Gasteiger partial charge in [-0.15, -0.1) is 0 Å². The maximum absolute atomic E-state index is 12.8. The zero-order chi connectivity index (χ0) is 23.5. The van der Waals surface area contributed by atoms with Crippen LogP contribution in [0.25, 0.3) is 10.8 Å². The first-order chi connectivity index (χ1) is 16.6. The number of carbonyl (C=O) groups is 1. The first-order valence-electron chi connectivity index (χ1n) is 11.2. The lowest BCUT2D eigenvalue weighted by Crippen LogP contribution is -2.26. The second-order valence-electron chi connectivity index (χ2n) is 8.16. The van der Waals surface area contributed by atoms with Gasteiger partial charge in [0.05, 0.1) is 0 Å². The number of rotatable bonds is 6. The van der Waals surface area contributed by atoms with Crippen molar-refractivity contribution in [1.29, 1.82) is 0 Å². The van der Waals surface area contributed by atoms with Gasteiger partial charge in [-0.25, -0.2) is 4.98 Å². The number of ether oxygens (including phenoxy) is 2. The molecular weight excluding hydrogens is 450 g/mol. The van der Waals surface area contributed by atoms with Gasteiger partial charge in [-0.05, 0) is 78.4 Å². The van der Waals surface area contributed by atoms with Crippen molar-refractivity contribution in [3.63, 3.8) is 0 Å². The number of amides is 1. The summed E-state index contributed by atoms with van der Waals surface area (Å²) in [4.78, 5) is 17.2. The second kappa shape index (κ2) is 9.61. The Balaban J connectivity index is 1.23. The fourth-order valence-electron chi connectivity index (χ4n) is 4.03. The van der Waals surface area contributed by atoms with Crippen LogP contribution in [0.5, 0.6) is 11.5 Å². The van der Waals surface area contributed by atoms with Crippen LogP contribution in [0, 0.1) is 6.92 Å². The lowest BCUT2D eigenvalue weighted by molar-refractivity contribution is 0.0953. The average molecular weight is 474 g/mol. The van der Waals surface area contributed by atoms with E-state index in [1.54, 1.807) is 6.20 Å². The molecule has 1 amide bonds. The quantitative estimate of drug-likeness (QED) is 0.376. The summed E-state index contributed by atoms with van der Waals surface area (Å²) in [6.07, 6.45) is 2.46. The maximum Gasteiger partial charge on any atom is 0.251 e. The second-order valence-corrected chi connectivity index (χ2v) is 8.60. The van der Waals surface area contributed by atoms with Crippen molar-refractivity contribution in [2.45, 2.75) is 13.3 Å². The Morgan fingerprint density at radius 2 is 1.85 bits per heavy atom. The molecule has 1 aromatic heterocycles. The molecule has 0 saturated heterocycles. The first kappa shape index (κ1) is 22.0. The number of aryl methyl sites for hydroxylation is 1. The van der Waals surface area contributed by atoms with Gasteiger partial charge in [0, 0.05) is 34.4 Å². The number of benzene rings is 3. The summed E-state index contributed by atoms with van der Waals surface area (Å²) in [5.41, 5.74) is 3.45. The smallest absolute Gasteiger partial charge is 0.251 e. The maximum atomic E-state index is 12.8. The van der Waals surface area contributed by atoms with E-state index in [1.807, 2.05) is 67.6 Å². The van der Waals surface area contributed by atoms with Crippen LogP contribution in [0.1, 0.15) is 21.5 Å². The van der Waals surface area contributed by atoms with Gasteiger partial charge in [-0.1, -0.05) is 23.7 Å². The highest BCUT2D eigenvalue weighted by Crippen LogP contribution is 2.31. The van der Waals surface area contributed by atoms with E-state index in [1.165, 1.54) is 0 Å². The number of halogens is 1. The lowest BCUT2D eigenvalue weighted by Gasteiger charge is -2.19. The molecule has 34 heavy (non-hydrogen) atoms. The zero-order valence-electron chi connectivity index (χ0n) is 18.7. The largest absolute Gasteiger partial charge is 0.486 e. The molecule has 2 N–H and O–H groups in total. The highest BCUT2D eigenvalue weighted by molar-refractivity contribution is 6.31. The Bertz CT molecular complexity index is 1370. The monoisotopic (exact) mass is 473 g/mol. The predicted octanol–water partition coefficient (Wildman–Crippen LogP) is 5.68. The van der Waals surface area contributed by atoms with Crippen LogP contribution >= 0.6 is 11.6 Å². The molecule has 4 aromatic rings. The number of hydrogen-bond donors (Lipinski definition) is 2. The zero-order valence-corrected chi connectivity index (χ0v) is 19.5. The van der Waals surface area contributed by atoms with Gasteiger partial charge in [-0.2, -0.15) is 0 Å². The Labute approximate surface area is 202 Å². The molecule has 1 aliphatic rings. The van der Waals surface area contributed by atoms with Crippen molar-refractivity contribution in [2.24, 2.45) is 0 Å². The Morgan fingerprint density at radius 1 is 1.00 bits per heavy atom. The number of fused-ring (bicyclic) bond motifs is 2. The molecule has 1 aliphatic heterocycles. The fraction of sp³-hybridized carbons (Fsp3) is 0.185. The molecule has 5 rings (SSSR count). The van der Waals surface area contributed by atoms with E-state index in [-0.39, 0.29) is 5.91 Å². The Kier molecular flexibility index (Phi) is 6.23. The van der Waals surface area contributed by atoms with Gasteiger partial charge >= 0.3 is 0 Å². The van der Waals surface area contributed by atoms with Crippen LogP contribution in [-0.2, 0) is 6.42 Å². The summed E-state index contributed by atoms with van der Waals surface area (Å²) in [6, 6.07) is 19.2. The molecule has 172 valence electrons. The van der Waals surface area contributed by atoms with Crippen LogP contribution in [0.4, 0.5) is 11.5 Å². The third-order valence-electron chi connectivity index (χ3n) is 5.77. The summed E-state index contributed by atoms with van der Waals surface area (Å²) in [5, 5.41) is 9.00. The molecule has 0 aliphatic carbocycles. The lowest BCUT2D eigenvalue weighted by atomic mass is 10.1. The molecular formula is C27H24ClN3O3. The molecule has 2 heterocycles. The van der Waals surface area contributed by atoms with E-state index < -0.39 is 0 Å². The van der Waals surface area contributed by atoms with Crippen molar-refractivity contribution in [3.8, 4) is 11.5 Å². The third-order valence-corrected chi connectivity index (χ3v) is 6.00. The average Bonchev–Trinajstić information content (AvgIpc) is 2.84. The van der Waals surface area contributed by atoms with Gasteiger partial charge in [0.2, 0.25) is 0 Å². The van der Waals surface area contributed by atoms with E-state index >= 15 is 0 Å². The van der Waals surface area contributed by atoms with Crippen molar-refractivity contribution >= 4 is 39.8 Å². The number of aromatic nitrogens is 1. The van der Waals surface area contributed by atoms with E-state index in [0.717, 1.165) is 44.9 Å². The van der Waals surface area contributed by atoms with Crippen LogP contribution < -0.4 is 20.1 Å². The van der Waals surface area contributed by atoms with Crippen LogP contribution in [0.3, 0.4) is 0 Å². The molecule has 0 radical (unpaired) electrons. The summed E-state index contributed by atoms with van der Waals surface area (Å²) in [7, 11) is 0. The molecule has 6 nitrogen and oxygen atoms in total. The summed E-state index contributed by atoms with van der Waals surface area (Å²) in [6.45, 7) is 3.58. The normalized spacial score (nSPS) is 12.4. The highest BCUT2D eigenvalue weighted by atomic mass is 35.5. The van der Waals surface area contributed by atoms with E-state index in [0.29, 0.717) is 36.8 Å². The van der Waals surface area contributed by atoms with Crippen LogP contribution in [0.15, 0.2) is 66.9 Å². The minimum atomic E-state index is -0.100. The SMILES string of the molecule is Cc1cc(Nc2nccc3ccc(Cl)cc23)ccc1C(=O)NCCc1ccc2c(c1)OCCO2. The van der Waals surface area contributed by atoms with Gasteiger partial charge in [0.1, 0.15) is 19.0 Å². The van der Waals surface area contributed by atoms with Crippen molar-refractivity contribution < 1.29 is 14.3 Å². The number of nitrogens with zero attached hydrogens (tertiary/aromatic N) is 1. The number of nitrogens with one attached hydrogen (secondary N) is 2. The van der Waals surface area contributed by atoms with Gasteiger partial charge in [-0.3, -0.25) is 4.79 Å². The number of hydrogen-bond acceptors (Lipinski definition) is 5. The summed E-state index contributed by atoms with van der Waals surface area (Å²) in [5.74, 6) is 2.15. The molecule has 0 bridgehead atoms. The first-order valence-corrected chi connectivity index (χ1v) is 11.5. The van der Waals surface area contributed by atoms with Crippen molar-refractivity contribution in [1.82, 2.24) is 10.3 Å². The standard InChI is InChI=1S/C27H24ClN3O3/c1-17-14-21(31-26-23-16-20(28)4-3-19(23)9-11-29-26)5-6-22(17)27(32)30-10-8-18-2-7-24-25(15-18)34-13-12-33-24/h2-7,9,11,14-16H,8,10,12-13H2,1H3,(H,29,31)(H,30,32). The molecule has 0 saturated carbocycles. The fourth-order valence-corrected chi connectivity index (χ4v) is 4.20. The Hall–Kier alpha value is -3.77. The van der Waals surface area contributed by atoms with Gasteiger partial charge in [0.15, 0.2) is 11.5 Å². The molecule has 0 unspecified atom stereocenters. The summed E-state index contributed by atoms with van der Waals surface area (Å²) >= 11 is 6.17. The molecule has 0 spiro atoms. The van der Waals surface area contributed by atoms with Crippen molar-refractivity contribution in [3.05, 3.63) is 88.6 Å². The molecule has 0 atom stereocenters. The predicted molar refractivity (Wildman–Crippen MR) is 135 cm³/mol. The summed E-state index contributed by atoms with van der Waals surface area (Å²) < 4.78 is 11.2. The van der Waals surface area contributed by atoms with Crippen LogP contribution in [-0.4, -0.2) is 30.6 Å². The van der Waals surface area contributed by atoms with E-state index in [4.69, 9.17) is 21.1 Å². The minimum absolute atomic E-state index is 0.100. The van der Waals surface area contributed by atoms with E-state index in [2.05, 4.69) is 15.6 Å². The third kappa shape index (κ3) is 4.77. The van der Waals surface area contributed by atoms with Gasteiger partial charge in [0.25, 0.3) is 5.91 Å². The highest BCUT2D eigenvalue weighted by Gasteiger charge is 2.13. The Morgan fingerprint density at radius 3 is 2.71 bits per heavy atom. The topological polar surface area (TPSA) is 72.5 Å². The molecule has 0 fully saturated rings. The van der Waals surface area contributed by atoms with E-state index in [9.17, 15) is 4.79 Å². The van der Waals surface area contributed by atoms with Crippen LogP contribution in [0.2, 0.25) is 5.02 Å².